The van der Waals surface area contributed by atoms with Crippen LogP contribution >= 0.6 is 0 Å². The van der Waals surface area contributed by atoms with Gasteiger partial charge in [0.2, 0.25) is 0 Å². The third kappa shape index (κ3) is 13.2. The molecule has 0 unspecified atom stereocenters. The van der Waals surface area contributed by atoms with Gasteiger partial charge in [0.05, 0.1) is 11.4 Å². The molecule has 295 valence electrons. The molecule has 4 aromatic carbocycles. The van der Waals surface area contributed by atoms with Gasteiger partial charge in [-0.3, -0.25) is 9.98 Å². The molecule has 0 atom stereocenters. The molecule has 4 aromatic rings. The van der Waals surface area contributed by atoms with Crippen LogP contribution in [0.25, 0.3) is 21.8 Å². The molecule has 0 bridgehead atoms. The standard InChI is InChI=1S/C44H56N2O2.2C2H6N.V/c1-27-17-15-19-35(45-25-29-21-31(41(3,4)5)23-33(39(29)47)43(9,10)11)37(27)38-28(2)18-16-20-36(38)46-26-30-22-32(42(6,7)8)24-34(40(30)48)44(12,13)14;2*1-3-2;/h15-26,47-48H,1-14H3;2*1-2H3;/q;2*-1;+4/p-2. The predicted molar refractivity (Wildman–Crippen MR) is 233 cm³/mol. The number of aryl methyl sites for hydroxylation is 2. The summed E-state index contributed by atoms with van der Waals surface area (Å²) in [7, 11) is 7.00. The van der Waals surface area contributed by atoms with Gasteiger partial charge in [0.25, 0.3) is 0 Å². The first-order chi connectivity index (χ1) is 24.8. The van der Waals surface area contributed by atoms with Crippen molar-refractivity contribution in [2.45, 2.75) is 119 Å². The Morgan fingerprint density at radius 2 is 0.782 bits per heavy atom. The molecule has 6 nitrogen and oxygen atoms in total. The number of hydrogen-bond acceptors (Lipinski definition) is 4. The van der Waals surface area contributed by atoms with Gasteiger partial charge in [-0.25, -0.2) is 0 Å². The van der Waals surface area contributed by atoms with E-state index in [1.54, 1.807) is 40.6 Å². The molecule has 4 rings (SSSR count). The Hall–Kier alpha value is -3.68. The van der Waals surface area contributed by atoms with Crippen molar-refractivity contribution in [1.29, 1.82) is 0 Å². The van der Waals surface area contributed by atoms with Crippen molar-refractivity contribution >= 4 is 23.8 Å². The normalized spacial score (nSPS) is 12.2. The van der Waals surface area contributed by atoms with Crippen molar-refractivity contribution in [3.05, 3.63) is 116 Å². The first-order valence-electron chi connectivity index (χ1n) is 18.8. The molecular formula is C48H66N4O2V. The molecule has 0 N–H and O–H groups in total. The summed E-state index contributed by atoms with van der Waals surface area (Å²) < 4.78 is 0. The first-order valence-corrected chi connectivity index (χ1v) is 18.8. The van der Waals surface area contributed by atoms with Crippen LogP contribution in [0.15, 0.2) is 70.6 Å². The fourth-order valence-corrected chi connectivity index (χ4v) is 5.92. The van der Waals surface area contributed by atoms with Crippen molar-refractivity contribution in [3.63, 3.8) is 0 Å². The van der Waals surface area contributed by atoms with Crippen LogP contribution < -0.4 is 10.2 Å². The fraction of sp³-hybridized carbons (Fsp3) is 0.458. The number of aliphatic imine (C=N–C) groups is 2. The minimum atomic E-state index is -0.298. The van der Waals surface area contributed by atoms with Gasteiger partial charge in [0.1, 0.15) is 0 Å². The Morgan fingerprint density at radius 1 is 0.491 bits per heavy atom. The van der Waals surface area contributed by atoms with Crippen LogP contribution in [0.3, 0.4) is 0 Å². The van der Waals surface area contributed by atoms with E-state index in [4.69, 9.17) is 9.98 Å². The molecule has 1 radical (unpaired) electrons. The summed E-state index contributed by atoms with van der Waals surface area (Å²) in [5.41, 5.74) is 9.64. The Bertz CT molecular complexity index is 1790. The van der Waals surface area contributed by atoms with Crippen molar-refractivity contribution in [2.75, 3.05) is 28.2 Å². The minimum Gasteiger partial charge on any atom is -0.872 e. The van der Waals surface area contributed by atoms with Gasteiger partial charge < -0.3 is 20.8 Å². The van der Waals surface area contributed by atoms with Crippen molar-refractivity contribution in [2.24, 2.45) is 9.98 Å². The van der Waals surface area contributed by atoms with E-state index in [1.165, 1.54) is 0 Å². The summed E-state index contributed by atoms with van der Waals surface area (Å²) >= 11 is 0. The quantitative estimate of drug-likeness (QED) is 0.188. The van der Waals surface area contributed by atoms with E-state index in [2.05, 4.69) is 132 Å². The van der Waals surface area contributed by atoms with Gasteiger partial charge in [-0.05, 0) is 92.1 Å². The molecule has 0 aromatic heterocycles. The summed E-state index contributed by atoms with van der Waals surface area (Å²) in [6.45, 7) is 29.6. The fourth-order valence-electron chi connectivity index (χ4n) is 5.92. The van der Waals surface area contributed by atoms with Gasteiger partial charge in [0.15, 0.2) is 0 Å². The molecular weight excluding hydrogens is 715 g/mol. The average molecular weight is 782 g/mol. The second-order valence-corrected chi connectivity index (χ2v) is 18.2. The van der Waals surface area contributed by atoms with Gasteiger partial charge in [0, 0.05) is 23.6 Å². The first kappa shape index (κ1) is 49.3. The van der Waals surface area contributed by atoms with Gasteiger partial charge in [-0.2, -0.15) is 28.2 Å². The summed E-state index contributed by atoms with van der Waals surface area (Å²) in [6, 6.07) is 20.2. The van der Waals surface area contributed by atoms with Crippen molar-refractivity contribution in [3.8, 4) is 22.6 Å². The van der Waals surface area contributed by atoms with Crippen LogP contribution in [0.2, 0.25) is 0 Å². The summed E-state index contributed by atoms with van der Waals surface area (Å²) in [5, 5.41) is 34.5. The average Bonchev–Trinajstić information content (AvgIpc) is 3.03. The van der Waals surface area contributed by atoms with E-state index in [-0.39, 0.29) is 51.7 Å². The topological polar surface area (TPSA) is 99.0 Å². The summed E-state index contributed by atoms with van der Waals surface area (Å²) in [5.74, 6) is 0.0188. The third-order valence-corrected chi connectivity index (χ3v) is 9.02. The molecule has 0 heterocycles. The molecule has 7 heteroatoms. The van der Waals surface area contributed by atoms with Crippen LogP contribution in [0, 0.1) is 13.8 Å². The molecule has 0 aliphatic carbocycles. The SMILES string of the molecule is C[N-]C.C[N-]C.Cc1cccc(N=Cc2cc(C(C)(C)C)cc(C(C)(C)C)c2[O-])c1-c1c(C)cccc1N=Cc1cc(C(C)(C)C)cc(C(C)(C)C)c1[O-].[V+4]. The van der Waals surface area contributed by atoms with E-state index >= 15 is 0 Å². The molecule has 0 spiro atoms. The Balaban J connectivity index is 0.00000202. The van der Waals surface area contributed by atoms with E-state index < -0.39 is 0 Å². The van der Waals surface area contributed by atoms with E-state index in [0.29, 0.717) is 11.1 Å². The van der Waals surface area contributed by atoms with Crippen molar-refractivity contribution in [1.82, 2.24) is 0 Å². The van der Waals surface area contributed by atoms with Crippen LogP contribution in [-0.2, 0) is 40.2 Å². The van der Waals surface area contributed by atoms with Gasteiger partial charge in [-0.15, -0.1) is 0 Å². The molecule has 0 aliphatic heterocycles. The van der Waals surface area contributed by atoms with E-state index in [0.717, 1.165) is 55.9 Å². The maximum Gasteiger partial charge on any atom is 4.00 e. The Morgan fingerprint density at radius 3 is 1.04 bits per heavy atom. The minimum absolute atomic E-state index is 0. The predicted octanol–water partition coefficient (Wildman–Crippen LogP) is 12.0. The third-order valence-electron chi connectivity index (χ3n) is 9.02. The van der Waals surface area contributed by atoms with Gasteiger partial charge >= 0.3 is 18.6 Å². The van der Waals surface area contributed by atoms with Crippen LogP contribution in [0.4, 0.5) is 11.4 Å². The molecule has 0 amide bonds. The molecule has 0 aliphatic rings. The van der Waals surface area contributed by atoms with Crippen LogP contribution in [0.5, 0.6) is 11.5 Å². The van der Waals surface area contributed by atoms with E-state index in [1.807, 2.05) is 36.4 Å². The number of nitrogens with zero attached hydrogens (tertiary/aromatic N) is 4. The maximum absolute atomic E-state index is 13.7. The van der Waals surface area contributed by atoms with Crippen LogP contribution in [-0.4, -0.2) is 40.6 Å². The Kier molecular flexibility index (Phi) is 17.9. The summed E-state index contributed by atoms with van der Waals surface area (Å²) in [4.78, 5) is 9.97. The number of rotatable bonds is 5. The largest absolute Gasteiger partial charge is 4.00 e. The molecule has 0 saturated heterocycles. The van der Waals surface area contributed by atoms with E-state index in [9.17, 15) is 10.2 Å². The zero-order chi connectivity index (χ0) is 41.4. The zero-order valence-corrected chi connectivity index (χ0v) is 38.4. The maximum atomic E-state index is 13.7. The smallest absolute Gasteiger partial charge is 0.872 e. The Labute approximate surface area is 346 Å². The van der Waals surface area contributed by atoms with Gasteiger partial charge in [-0.1, -0.05) is 143 Å². The second kappa shape index (κ2) is 20.0. The zero-order valence-electron chi connectivity index (χ0n) is 37.0. The monoisotopic (exact) mass is 781 g/mol. The number of hydrogen-bond donors (Lipinski definition) is 0. The molecule has 0 fully saturated rings. The second-order valence-electron chi connectivity index (χ2n) is 18.2. The molecule has 0 saturated carbocycles. The van der Waals surface area contributed by atoms with Crippen LogP contribution in [0.1, 0.15) is 128 Å². The summed E-state index contributed by atoms with van der Waals surface area (Å²) in [6.07, 6.45) is 3.45. The molecule has 55 heavy (non-hydrogen) atoms. The number of benzene rings is 4. The van der Waals surface area contributed by atoms with Crippen molar-refractivity contribution < 1.29 is 28.8 Å².